The molecule has 1 aromatic heterocycles. The van der Waals surface area contributed by atoms with Gasteiger partial charge in [-0.05, 0) is 28.8 Å². The fraction of sp³-hybridized carbons (Fsp3) is 0.241. The van der Waals surface area contributed by atoms with Gasteiger partial charge < -0.3 is 9.73 Å². The quantitative estimate of drug-likeness (QED) is 0.418. The van der Waals surface area contributed by atoms with E-state index in [4.69, 9.17) is 4.42 Å². The summed E-state index contributed by atoms with van der Waals surface area (Å²) >= 11 is 0. The van der Waals surface area contributed by atoms with Gasteiger partial charge in [-0.1, -0.05) is 60.7 Å². The zero-order chi connectivity index (χ0) is 24.2. The largest absolute Gasteiger partial charge is 0.423 e. The number of hydrogen-bond acceptors (Lipinski definition) is 5. The van der Waals surface area contributed by atoms with Gasteiger partial charge in [0, 0.05) is 62.9 Å². The highest BCUT2D eigenvalue weighted by molar-refractivity contribution is 5.92. The number of fused-ring (bicyclic) bond motifs is 1. The first kappa shape index (κ1) is 23.0. The zero-order valence-electron chi connectivity index (χ0n) is 19.8. The third kappa shape index (κ3) is 5.34. The van der Waals surface area contributed by atoms with Gasteiger partial charge in [0.1, 0.15) is 5.58 Å². The molecule has 1 amide bonds. The van der Waals surface area contributed by atoms with Crippen LogP contribution in [0.2, 0.25) is 0 Å². The number of nitrogens with one attached hydrogen (secondary N) is 1. The van der Waals surface area contributed by atoms with Crippen LogP contribution in [0.1, 0.15) is 29.7 Å². The topological polar surface area (TPSA) is 65.8 Å². The first-order chi connectivity index (χ1) is 17.1. The first-order valence-corrected chi connectivity index (χ1v) is 12.0. The average Bonchev–Trinajstić information content (AvgIpc) is 2.86. The number of amides is 1. The van der Waals surface area contributed by atoms with E-state index in [1.165, 1.54) is 18.1 Å². The van der Waals surface area contributed by atoms with Crippen molar-refractivity contribution in [3.8, 4) is 0 Å². The number of nitrogens with zero attached hydrogens (tertiary/aromatic N) is 2. The number of benzene rings is 3. The minimum Gasteiger partial charge on any atom is -0.423 e. The van der Waals surface area contributed by atoms with Gasteiger partial charge in [0.25, 0.3) is 0 Å². The molecule has 0 radical (unpaired) electrons. The fourth-order valence-electron chi connectivity index (χ4n) is 4.95. The summed E-state index contributed by atoms with van der Waals surface area (Å²) < 4.78 is 5.43. The van der Waals surface area contributed by atoms with Crippen LogP contribution in [0.4, 0.5) is 5.69 Å². The molecule has 3 aromatic carbocycles. The Hall–Kier alpha value is -3.74. The van der Waals surface area contributed by atoms with Gasteiger partial charge in [0.15, 0.2) is 0 Å². The van der Waals surface area contributed by atoms with Crippen LogP contribution in [0.5, 0.6) is 0 Å². The van der Waals surface area contributed by atoms with Crippen molar-refractivity contribution in [2.24, 2.45) is 0 Å². The van der Waals surface area contributed by atoms with Gasteiger partial charge in [-0.2, -0.15) is 0 Å². The highest BCUT2D eigenvalue weighted by atomic mass is 16.4. The predicted octanol–water partition coefficient (Wildman–Crippen LogP) is 4.66. The Bertz CT molecular complexity index is 1320. The Kier molecular flexibility index (Phi) is 6.75. The van der Waals surface area contributed by atoms with Crippen LogP contribution >= 0.6 is 0 Å². The summed E-state index contributed by atoms with van der Waals surface area (Å²) in [6.45, 7) is 5.80. The maximum atomic E-state index is 12.3. The van der Waals surface area contributed by atoms with Crippen molar-refractivity contribution in [2.75, 3.05) is 31.5 Å². The maximum Gasteiger partial charge on any atom is 0.336 e. The molecule has 0 saturated carbocycles. The fourth-order valence-corrected chi connectivity index (χ4v) is 4.95. The summed E-state index contributed by atoms with van der Waals surface area (Å²) in [5, 5.41) is 3.64. The third-order valence-corrected chi connectivity index (χ3v) is 6.55. The van der Waals surface area contributed by atoms with E-state index in [1.807, 2.05) is 12.1 Å². The summed E-state index contributed by atoms with van der Waals surface area (Å²) in [5.41, 5.74) is 4.28. The zero-order valence-corrected chi connectivity index (χ0v) is 19.8. The van der Waals surface area contributed by atoms with E-state index in [9.17, 15) is 9.59 Å². The summed E-state index contributed by atoms with van der Waals surface area (Å²) in [7, 11) is 0. The van der Waals surface area contributed by atoms with Crippen LogP contribution in [0.15, 0.2) is 94.1 Å². The second-order valence-electron chi connectivity index (χ2n) is 9.02. The van der Waals surface area contributed by atoms with Crippen molar-refractivity contribution < 1.29 is 9.21 Å². The molecule has 0 spiro atoms. The Morgan fingerprint density at radius 2 is 1.51 bits per heavy atom. The molecule has 5 rings (SSSR count). The summed E-state index contributed by atoms with van der Waals surface area (Å²) in [6, 6.07) is 28.6. The number of anilines is 1. The molecule has 1 aliphatic rings. The third-order valence-electron chi connectivity index (χ3n) is 6.55. The molecule has 178 valence electrons. The summed E-state index contributed by atoms with van der Waals surface area (Å²) in [5.74, 6) is -0.162. The van der Waals surface area contributed by atoms with E-state index in [-0.39, 0.29) is 17.6 Å². The lowest BCUT2D eigenvalue weighted by atomic mass is 9.96. The second kappa shape index (κ2) is 10.3. The van der Waals surface area contributed by atoms with Crippen LogP contribution in [0.25, 0.3) is 11.0 Å². The second-order valence-corrected chi connectivity index (χ2v) is 9.02. The van der Waals surface area contributed by atoms with E-state index in [0.29, 0.717) is 17.8 Å². The number of rotatable bonds is 6. The molecule has 1 fully saturated rings. The van der Waals surface area contributed by atoms with E-state index in [2.05, 4.69) is 75.8 Å². The summed E-state index contributed by atoms with van der Waals surface area (Å²) in [4.78, 5) is 28.6. The van der Waals surface area contributed by atoms with Crippen molar-refractivity contribution in [3.63, 3.8) is 0 Å². The van der Waals surface area contributed by atoms with Crippen molar-refractivity contribution in [2.45, 2.75) is 19.5 Å². The van der Waals surface area contributed by atoms with Gasteiger partial charge >= 0.3 is 5.63 Å². The monoisotopic (exact) mass is 467 g/mol. The Morgan fingerprint density at radius 3 is 2.11 bits per heavy atom. The van der Waals surface area contributed by atoms with Gasteiger partial charge in [0.05, 0.1) is 6.04 Å². The highest BCUT2D eigenvalue weighted by Gasteiger charge is 2.26. The van der Waals surface area contributed by atoms with E-state index in [1.54, 1.807) is 12.1 Å². The molecular weight excluding hydrogens is 438 g/mol. The molecule has 0 atom stereocenters. The minimum atomic E-state index is -0.376. The minimum absolute atomic E-state index is 0.162. The molecule has 0 bridgehead atoms. The van der Waals surface area contributed by atoms with Crippen molar-refractivity contribution in [1.82, 2.24) is 9.80 Å². The van der Waals surface area contributed by atoms with Crippen LogP contribution in [-0.4, -0.2) is 41.9 Å². The first-order valence-electron chi connectivity index (χ1n) is 12.0. The number of hydrogen-bond donors (Lipinski definition) is 1. The SMILES string of the molecule is CC(=O)Nc1ccc2c(CN3CCN(C(c4ccccc4)c4ccccc4)CC3)cc(=O)oc2c1. The lowest BCUT2D eigenvalue weighted by molar-refractivity contribution is -0.114. The Balaban J connectivity index is 1.33. The highest BCUT2D eigenvalue weighted by Crippen LogP contribution is 2.30. The molecule has 6 heteroatoms. The molecule has 4 aromatic rings. The lowest BCUT2D eigenvalue weighted by Crippen LogP contribution is -2.47. The van der Waals surface area contributed by atoms with Gasteiger partial charge in [-0.25, -0.2) is 4.79 Å². The molecule has 1 aliphatic heterocycles. The van der Waals surface area contributed by atoms with Gasteiger partial charge in [0.2, 0.25) is 5.91 Å². The van der Waals surface area contributed by atoms with Crippen LogP contribution < -0.4 is 10.9 Å². The van der Waals surface area contributed by atoms with E-state index in [0.717, 1.165) is 37.1 Å². The molecular formula is C29H29N3O3. The number of carbonyl (C=O) groups is 1. The normalized spacial score (nSPS) is 14.9. The van der Waals surface area contributed by atoms with E-state index < -0.39 is 0 Å². The average molecular weight is 468 g/mol. The summed E-state index contributed by atoms with van der Waals surface area (Å²) in [6.07, 6.45) is 0. The van der Waals surface area contributed by atoms with Gasteiger partial charge in [-0.15, -0.1) is 0 Å². The Morgan fingerprint density at radius 1 is 0.886 bits per heavy atom. The van der Waals surface area contributed by atoms with Crippen molar-refractivity contribution >= 4 is 22.6 Å². The molecule has 0 unspecified atom stereocenters. The molecule has 35 heavy (non-hydrogen) atoms. The van der Waals surface area contributed by atoms with E-state index >= 15 is 0 Å². The smallest absolute Gasteiger partial charge is 0.336 e. The molecule has 1 saturated heterocycles. The predicted molar refractivity (Wildman–Crippen MR) is 138 cm³/mol. The van der Waals surface area contributed by atoms with Crippen LogP contribution in [0.3, 0.4) is 0 Å². The van der Waals surface area contributed by atoms with Crippen molar-refractivity contribution in [1.29, 1.82) is 0 Å². The standard InChI is InChI=1S/C29H29N3O3/c1-21(33)30-25-12-13-26-24(18-28(34)35-27(26)19-25)20-31-14-16-32(17-15-31)29(22-8-4-2-5-9-22)23-10-6-3-7-11-23/h2-13,18-19,29H,14-17,20H2,1H3,(H,30,33). The van der Waals surface area contributed by atoms with Crippen LogP contribution in [-0.2, 0) is 11.3 Å². The molecule has 0 aliphatic carbocycles. The Labute approximate surface area is 204 Å². The molecule has 2 heterocycles. The van der Waals surface area contributed by atoms with Crippen LogP contribution in [0, 0.1) is 0 Å². The molecule has 1 N–H and O–H groups in total. The lowest BCUT2D eigenvalue weighted by Gasteiger charge is -2.40. The van der Waals surface area contributed by atoms with Crippen molar-refractivity contribution in [3.05, 3.63) is 112 Å². The van der Waals surface area contributed by atoms with Gasteiger partial charge in [-0.3, -0.25) is 14.6 Å². The maximum absolute atomic E-state index is 12.3. The number of piperazine rings is 1. The molecule has 6 nitrogen and oxygen atoms in total. The number of carbonyl (C=O) groups excluding carboxylic acids is 1.